The van der Waals surface area contributed by atoms with E-state index in [9.17, 15) is 14.4 Å². The van der Waals surface area contributed by atoms with E-state index >= 15 is 0 Å². The topological polar surface area (TPSA) is 69.7 Å². The number of nitrogens with zero attached hydrogens (tertiary/aromatic N) is 2. The second-order valence-corrected chi connectivity index (χ2v) is 8.23. The Morgan fingerprint density at radius 1 is 1.07 bits per heavy atom. The van der Waals surface area contributed by atoms with Gasteiger partial charge in [-0.25, -0.2) is 0 Å². The zero-order valence-electron chi connectivity index (χ0n) is 15.8. The van der Waals surface area contributed by atoms with Crippen LogP contribution in [-0.4, -0.2) is 33.6 Å². The van der Waals surface area contributed by atoms with Crippen LogP contribution in [0.25, 0.3) is 5.57 Å². The molecule has 0 atom stereocenters. The monoisotopic (exact) mass is 423 g/mol. The standard InChI is InChI=1S/C21H17N3O3S2/c1-3-23-15-7-5-4-6-14(15)16(19(23)26)17-20(27)24(21(28)29-17)22-18(25)13-10-8-12(2)9-11-13/h4-11H,3H2,1-2H3,(H,22,25)/b17-16-. The second kappa shape index (κ2) is 7.46. The molecule has 0 spiro atoms. The van der Waals surface area contributed by atoms with E-state index in [4.69, 9.17) is 12.2 Å². The Hall–Kier alpha value is -2.97. The minimum atomic E-state index is -0.503. The van der Waals surface area contributed by atoms with E-state index in [1.807, 2.05) is 50.2 Å². The first-order valence-corrected chi connectivity index (χ1v) is 10.2. The first-order chi connectivity index (χ1) is 13.9. The summed E-state index contributed by atoms with van der Waals surface area (Å²) in [6.07, 6.45) is 0. The number of hydrogen-bond donors (Lipinski definition) is 1. The van der Waals surface area contributed by atoms with Crippen LogP contribution >= 0.6 is 24.0 Å². The summed E-state index contributed by atoms with van der Waals surface area (Å²) in [4.78, 5) is 40.4. The van der Waals surface area contributed by atoms with Crippen LogP contribution in [0.1, 0.15) is 28.4 Å². The molecule has 146 valence electrons. The molecule has 6 nitrogen and oxygen atoms in total. The Morgan fingerprint density at radius 3 is 2.45 bits per heavy atom. The third kappa shape index (κ3) is 3.24. The minimum Gasteiger partial charge on any atom is -0.308 e. The summed E-state index contributed by atoms with van der Waals surface area (Å²) in [6.45, 7) is 4.29. The SMILES string of the molecule is CCN1C(=O)/C(=C2\SC(=S)N(NC(=O)c3ccc(C)cc3)C2=O)c2ccccc21. The fraction of sp³-hybridized carbons (Fsp3) is 0.143. The number of fused-ring (bicyclic) bond motifs is 1. The van der Waals surface area contributed by atoms with Crippen molar-refractivity contribution in [2.45, 2.75) is 13.8 Å². The van der Waals surface area contributed by atoms with Gasteiger partial charge >= 0.3 is 0 Å². The molecule has 2 aromatic carbocycles. The van der Waals surface area contributed by atoms with Gasteiger partial charge in [-0.05, 0) is 44.3 Å². The fourth-order valence-corrected chi connectivity index (χ4v) is 4.55. The summed E-state index contributed by atoms with van der Waals surface area (Å²) in [6, 6.07) is 14.3. The molecule has 29 heavy (non-hydrogen) atoms. The summed E-state index contributed by atoms with van der Waals surface area (Å²) >= 11 is 6.33. The molecule has 2 heterocycles. The smallest absolute Gasteiger partial charge is 0.286 e. The summed E-state index contributed by atoms with van der Waals surface area (Å²) in [5.74, 6) is -1.18. The van der Waals surface area contributed by atoms with E-state index in [2.05, 4.69) is 5.43 Å². The number of anilines is 1. The third-order valence-electron chi connectivity index (χ3n) is 4.76. The molecule has 0 radical (unpaired) electrons. The summed E-state index contributed by atoms with van der Waals surface area (Å²) in [5.41, 5.74) is 5.79. The predicted octanol–water partition coefficient (Wildman–Crippen LogP) is 3.28. The van der Waals surface area contributed by atoms with Gasteiger partial charge in [0, 0.05) is 17.7 Å². The van der Waals surface area contributed by atoms with Crippen LogP contribution < -0.4 is 10.3 Å². The van der Waals surface area contributed by atoms with Crippen LogP contribution in [0.3, 0.4) is 0 Å². The lowest BCUT2D eigenvalue weighted by atomic mass is 10.1. The number of thioether (sulfide) groups is 1. The number of thiocarbonyl (C=S) groups is 1. The van der Waals surface area contributed by atoms with Crippen molar-refractivity contribution in [2.24, 2.45) is 0 Å². The Labute approximate surface area is 177 Å². The number of amides is 3. The van der Waals surface area contributed by atoms with Gasteiger partial charge in [-0.15, -0.1) is 0 Å². The van der Waals surface area contributed by atoms with Gasteiger partial charge in [0.15, 0.2) is 4.32 Å². The highest BCUT2D eigenvalue weighted by Gasteiger charge is 2.42. The van der Waals surface area contributed by atoms with Gasteiger partial charge in [-0.2, -0.15) is 5.01 Å². The van der Waals surface area contributed by atoms with Gasteiger partial charge in [0.25, 0.3) is 17.7 Å². The highest BCUT2D eigenvalue weighted by atomic mass is 32.2. The van der Waals surface area contributed by atoms with Crippen LogP contribution in [0.5, 0.6) is 0 Å². The average molecular weight is 424 g/mol. The summed E-state index contributed by atoms with van der Waals surface area (Å²) in [5, 5.41) is 1.04. The number of carbonyl (C=O) groups excluding carboxylic acids is 3. The summed E-state index contributed by atoms with van der Waals surface area (Å²) in [7, 11) is 0. The number of hydrogen-bond acceptors (Lipinski definition) is 5. The molecule has 0 unspecified atom stereocenters. The van der Waals surface area contributed by atoms with Crippen LogP contribution in [-0.2, 0) is 9.59 Å². The van der Waals surface area contributed by atoms with Gasteiger partial charge in [0.05, 0.1) is 16.2 Å². The lowest BCUT2D eigenvalue weighted by molar-refractivity contribution is -0.124. The molecule has 0 bridgehead atoms. The van der Waals surface area contributed by atoms with Gasteiger partial charge < -0.3 is 4.90 Å². The maximum atomic E-state index is 13.0. The van der Waals surface area contributed by atoms with Crippen LogP contribution in [0.4, 0.5) is 5.69 Å². The zero-order valence-corrected chi connectivity index (χ0v) is 17.4. The van der Waals surface area contributed by atoms with E-state index in [1.165, 1.54) is 0 Å². The molecule has 2 aromatic rings. The first kappa shape index (κ1) is 19.4. The third-order valence-corrected chi connectivity index (χ3v) is 6.14. The van der Waals surface area contributed by atoms with Crippen molar-refractivity contribution in [2.75, 3.05) is 11.4 Å². The fourth-order valence-electron chi connectivity index (χ4n) is 3.30. The maximum Gasteiger partial charge on any atom is 0.286 e. The number of carbonyl (C=O) groups is 3. The molecule has 0 aliphatic carbocycles. The molecule has 1 N–H and O–H groups in total. The molecule has 3 amide bonds. The van der Waals surface area contributed by atoms with E-state index in [1.54, 1.807) is 17.0 Å². The molecule has 0 saturated carbocycles. The van der Waals surface area contributed by atoms with Crippen molar-refractivity contribution in [3.63, 3.8) is 0 Å². The van der Waals surface area contributed by atoms with Crippen LogP contribution in [0.15, 0.2) is 53.4 Å². The highest BCUT2D eigenvalue weighted by Crippen LogP contribution is 2.44. The normalized spacial score (nSPS) is 18.5. The van der Waals surface area contributed by atoms with Crippen molar-refractivity contribution in [3.05, 3.63) is 70.1 Å². The van der Waals surface area contributed by atoms with Crippen molar-refractivity contribution in [1.29, 1.82) is 0 Å². The van der Waals surface area contributed by atoms with Crippen molar-refractivity contribution >= 4 is 57.3 Å². The van der Waals surface area contributed by atoms with Crippen LogP contribution in [0, 0.1) is 6.92 Å². The average Bonchev–Trinajstić information content (AvgIpc) is 3.15. The minimum absolute atomic E-state index is 0.179. The largest absolute Gasteiger partial charge is 0.308 e. The number of likely N-dealkylation sites (N-methyl/N-ethyl adjacent to an activating group) is 1. The van der Waals surface area contributed by atoms with E-state index < -0.39 is 11.8 Å². The van der Waals surface area contributed by atoms with Gasteiger partial charge in [-0.1, -0.05) is 47.7 Å². The second-order valence-electron chi connectivity index (χ2n) is 6.59. The predicted molar refractivity (Wildman–Crippen MR) is 117 cm³/mol. The van der Waals surface area contributed by atoms with Gasteiger partial charge in [0.1, 0.15) is 0 Å². The number of rotatable bonds is 3. The van der Waals surface area contributed by atoms with Gasteiger partial charge in [-0.3, -0.25) is 19.8 Å². The Balaban J connectivity index is 1.67. The molecule has 2 aliphatic rings. The Kier molecular flexibility index (Phi) is 4.97. The molecular formula is C21H17N3O3S2. The number of aryl methyl sites for hydroxylation is 1. The molecule has 2 aliphatic heterocycles. The van der Waals surface area contributed by atoms with Crippen LogP contribution in [0.2, 0.25) is 0 Å². The van der Waals surface area contributed by atoms with E-state index in [0.717, 1.165) is 28.0 Å². The van der Waals surface area contributed by atoms with E-state index in [0.29, 0.717) is 23.2 Å². The Morgan fingerprint density at radius 2 is 1.76 bits per heavy atom. The molecule has 1 fully saturated rings. The lowest BCUT2D eigenvalue weighted by Crippen LogP contribution is -2.45. The zero-order chi connectivity index (χ0) is 20.7. The number of nitrogens with one attached hydrogen (secondary N) is 1. The number of hydrazine groups is 1. The number of para-hydroxylation sites is 1. The van der Waals surface area contributed by atoms with Crippen molar-refractivity contribution in [1.82, 2.24) is 10.4 Å². The first-order valence-electron chi connectivity index (χ1n) is 9.01. The quantitative estimate of drug-likeness (QED) is 0.606. The molecular weight excluding hydrogens is 406 g/mol. The lowest BCUT2D eigenvalue weighted by Gasteiger charge is -2.16. The Bertz CT molecular complexity index is 1090. The molecule has 0 aromatic heterocycles. The van der Waals surface area contributed by atoms with Crippen molar-refractivity contribution in [3.8, 4) is 0 Å². The molecule has 4 rings (SSSR count). The molecule has 1 saturated heterocycles. The number of benzene rings is 2. The van der Waals surface area contributed by atoms with Gasteiger partial charge in [0.2, 0.25) is 0 Å². The molecule has 8 heteroatoms. The van der Waals surface area contributed by atoms with Crippen molar-refractivity contribution < 1.29 is 14.4 Å². The highest BCUT2D eigenvalue weighted by molar-refractivity contribution is 8.26. The van der Waals surface area contributed by atoms with E-state index in [-0.39, 0.29) is 15.1 Å². The maximum absolute atomic E-state index is 13.0. The summed E-state index contributed by atoms with van der Waals surface area (Å²) < 4.78 is 0.179.